The Balaban J connectivity index is 2.04. The van der Waals surface area contributed by atoms with Gasteiger partial charge in [-0.05, 0) is 52.3 Å². The van der Waals surface area contributed by atoms with Crippen LogP contribution in [0.15, 0.2) is 71.0 Å². The van der Waals surface area contributed by atoms with Crippen molar-refractivity contribution in [2.24, 2.45) is 0 Å². The van der Waals surface area contributed by atoms with Crippen molar-refractivity contribution in [2.45, 2.75) is 0 Å². The van der Waals surface area contributed by atoms with Gasteiger partial charge in [-0.2, -0.15) is 0 Å². The molecular weight excluding hydrogens is 416 g/mol. The number of anilines is 1. The minimum atomic E-state index is -0.657. The van der Waals surface area contributed by atoms with Crippen molar-refractivity contribution in [3.8, 4) is 5.69 Å². The molecule has 0 bridgehead atoms. The number of carbonyl (C=O) groups is 2. The van der Waals surface area contributed by atoms with Gasteiger partial charge in [0.25, 0.3) is 0 Å². The molecule has 1 aromatic carbocycles. The largest absolute Gasteiger partial charge is 0.465 e. The number of hydrogen-bond acceptors (Lipinski definition) is 7. The van der Waals surface area contributed by atoms with Crippen LogP contribution in [0.2, 0.25) is 0 Å². The first-order valence-electron chi connectivity index (χ1n) is 7.77. The molecule has 0 N–H and O–H groups in total. The molecule has 2 heterocycles. The first kappa shape index (κ1) is 18.6. The van der Waals surface area contributed by atoms with E-state index in [4.69, 9.17) is 9.47 Å². The summed E-state index contributed by atoms with van der Waals surface area (Å²) >= 11 is 3.21. The first-order valence-corrected chi connectivity index (χ1v) is 8.57. The number of aromatic nitrogens is 3. The predicted octanol–water partition coefficient (Wildman–Crippen LogP) is 2.52. The Morgan fingerprint density at radius 3 is 2.26 bits per heavy atom. The molecule has 27 heavy (non-hydrogen) atoms. The molecule has 138 valence electrons. The number of rotatable bonds is 4. The monoisotopic (exact) mass is 430 g/mol. The minimum absolute atomic E-state index is 0.0607. The summed E-state index contributed by atoms with van der Waals surface area (Å²) in [4.78, 5) is 30.1. The number of ether oxygens (including phenoxy) is 2. The Morgan fingerprint density at radius 1 is 1.00 bits per heavy atom. The van der Waals surface area contributed by atoms with Crippen molar-refractivity contribution in [3.05, 3.63) is 71.0 Å². The topological polar surface area (TPSA) is 86.6 Å². The van der Waals surface area contributed by atoms with Gasteiger partial charge in [-0.15, -0.1) is 5.10 Å². The number of nitrogens with zero attached hydrogens (tertiary/aromatic N) is 4. The SMILES string of the molecule is COC(=O)C1=C(C(=O)OC)N(c2ccc(-n3cnc(Br)n3)cc2)C=CC=C1. The third-order valence-corrected chi connectivity index (χ3v) is 4.11. The highest BCUT2D eigenvalue weighted by molar-refractivity contribution is 9.10. The van der Waals surface area contributed by atoms with Crippen LogP contribution in [0.3, 0.4) is 0 Å². The number of carbonyl (C=O) groups excluding carboxylic acids is 2. The van der Waals surface area contributed by atoms with Crippen molar-refractivity contribution < 1.29 is 19.1 Å². The molecular formula is C18H15BrN4O4. The van der Waals surface area contributed by atoms with Crippen LogP contribution in [0.1, 0.15) is 0 Å². The summed E-state index contributed by atoms with van der Waals surface area (Å²) in [5.41, 5.74) is 1.59. The van der Waals surface area contributed by atoms with E-state index in [9.17, 15) is 9.59 Å². The molecule has 0 atom stereocenters. The van der Waals surface area contributed by atoms with Gasteiger partial charge < -0.3 is 14.4 Å². The van der Waals surface area contributed by atoms with E-state index >= 15 is 0 Å². The van der Waals surface area contributed by atoms with Gasteiger partial charge in [-0.3, -0.25) is 0 Å². The van der Waals surface area contributed by atoms with Crippen LogP contribution in [0, 0.1) is 0 Å². The Hall–Kier alpha value is -3.20. The number of allylic oxidation sites excluding steroid dienone is 2. The number of esters is 2. The smallest absolute Gasteiger partial charge is 0.355 e. The minimum Gasteiger partial charge on any atom is -0.465 e. The number of halogens is 1. The average Bonchev–Trinajstić information content (AvgIpc) is 3.01. The molecule has 2 aromatic rings. The number of benzene rings is 1. The predicted molar refractivity (Wildman–Crippen MR) is 101 cm³/mol. The Kier molecular flexibility index (Phi) is 5.51. The molecule has 1 aromatic heterocycles. The van der Waals surface area contributed by atoms with Crippen LogP contribution in [-0.2, 0) is 19.1 Å². The lowest BCUT2D eigenvalue weighted by atomic mass is 10.1. The standard InChI is InChI=1S/C18H15BrN4O4/c1-26-16(24)14-5-3-4-10-22(15(14)17(25)27-2)12-6-8-13(9-7-12)23-11-20-18(19)21-23/h3-11H,1-2H3. The van der Waals surface area contributed by atoms with Crippen molar-refractivity contribution in [1.29, 1.82) is 0 Å². The zero-order chi connectivity index (χ0) is 19.4. The molecule has 0 fully saturated rings. The summed E-state index contributed by atoms with van der Waals surface area (Å²) in [6.45, 7) is 0. The molecule has 1 aliphatic rings. The third kappa shape index (κ3) is 3.82. The fraction of sp³-hybridized carbons (Fsp3) is 0.111. The summed E-state index contributed by atoms with van der Waals surface area (Å²) in [6.07, 6.45) is 8.11. The van der Waals surface area contributed by atoms with Gasteiger partial charge >= 0.3 is 11.9 Å². The van der Waals surface area contributed by atoms with Crippen molar-refractivity contribution in [2.75, 3.05) is 19.1 Å². The molecule has 0 saturated heterocycles. The normalized spacial score (nSPS) is 13.5. The van der Waals surface area contributed by atoms with Crippen LogP contribution in [0.5, 0.6) is 0 Å². The highest BCUT2D eigenvalue weighted by Crippen LogP contribution is 2.27. The first-order chi connectivity index (χ1) is 13.0. The molecule has 0 saturated carbocycles. The Bertz CT molecular complexity index is 960. The molecule has 0 amide bonds. The summed E-state index contributed by atoms with van der Waals surface area (Å²) in [7, 11) is 2.51. The van der Waals surface area contributed by atoms with Gasteiger partial charge in [-0.1, -0.05) is 6.08 Å². The lowest BCUT2D eigenvalue weighted by Gasteiger charge is -2.23. The second-order valence-electron chi connectivity index (χ2n) is 5.29. The van der Waals surface area contributed by atoms with Crippen LogP contribution >= 0.6 is 15.9 Å². The van der Waals surface area contributed by atoms with Gasteiger partial charge in [0.1, 0.15) is 12.0 Å². The van der Waals surface area contributed by atoms with E-state index in [0.29, 0.717) is 10.4 Å². The number of hydrogen-bond donors (Lipinski definition) is 0. The van der Waals surface area contributed by atoms with E-state index < -0.39 is 11.9 Å². The Morgan fingerprint density at radius 2 is 1.67 bits per heavy atom. The fourth-order valence-electron chi connectivity index (χ4n) is 2.50. The molecule has 0 spiro atoms. The quantitative estimate of drug-likeness (QED) is 0.688. The van der Waals surface area contributed by atoms with Crippen molar-refractivity contribution in [3.63, 3.8) is 0 Å². The van der Waals surface area contributed by atoms with Crippen molar-refractivity contribution >= 4 is 33.6 Å². The maximum atomic E-state index is 12.4. The summed E-state index contributed by atoms with van der Waals surface area (Å²) in [5, 5.41) is 4.18. The summed E-state index contributed by atoms with van der Waals surface area (Å²) in [5.74, 6) is -1.29. The zero-order valence-corrected chi connectivity index (χ0v) is 16.1. The van der Waals surface area contributed by atoms with Crippen molar-refractivity contribution in [1.82, 2.24) is 14.8 Å². The summed E-state index contributed by atoms with van der Waals surface area (Å²) in [6, 6.07) is 7.21. The highest BCUT2D eigenvalue weighted by atomic mass is 79.9. The van der Waals surface area contributed by atoms with E-state index in [1.807, 2.05) is 12.1 Å². The lowest BCUT2D eigenvalue weighted by molar-refractivity contribution is -0.139. The van der Waals surface area contributed by atoms with Crippen LogP contribution in [0.25, 0.3) is 5.69 Å². The molecule has 8 nitrogen and oxygen atoms in total. The molecule has 1 aliphatic heterocycles. The van der Waals surface area contributed by atoms with Gasteiger partial charge in [0, 0.05) is 11.9 Å². The molecule has 0 aliphatic carbocycles. The molecule has 0 radical (unpaired) electrons. The third-order valence-electron chi connectivity index (χ3n) is 3.75. The average molecular weight is 431 g/mol. The van der Waals surface area contributed by atoms with Crippen LogP contribution in [0.4, 0.5) is 5.69 Å². The van der Waals surface area contributed by atoms with E-state index in [1.54, 1.807) is 46.4 Å². The van der Waals surface area contributed by atoms with E-state index in [1.165, 1.54) is 20.3 Å². The van der Waals surface area contributed by atoms with Gasteiger partial charge in [-0.25, -0.2) is 19.3 Å². The maximum absolute atomic E-state index is 12.4. The van der Waals surface area contributed by atoms with Gasteiger partial charge in [0.05, 0.1) is 25.5 Å². The lowest BCUT2D eigenvalue weighted by Crippen LogP contribution is -2.26. The number of methoxy groups -OCH3 is 2. The highest BCUT2D eigenvalue weighted by Gasteiger charge is 2.27. The van der Waals surface area contributed by atoms with Gasteiger partial charge in [0.15, 0.2) is 0 Å². The van der Waals surface area contributed by atoms with Crippen LogP contribution < -0.4 is 4.90 Å². The fourth-order valence-corrected chi connectivity index (χ4v) is 2.76. The molecule has 0 unspecified atom stereocenters. The molecule has 9 heteroatoms. The Labute approximate surface area is 163 Å². The van der Waals surface area contributed by atoms with E-state index in [-0.39, 0.29) is 11.3 Å². The second kappa shape index (κ2) is 8.00. The van der Waals surface area contributed by atoms with Gasteiger partial charge in [0.2, 0.25) is 4.73 Å². The van der Waals surface area contributed by atoms with E-state index in [0.717, 1.165) is 5.69 Å². The summed E-state index contributed by atoms with van der Waals surface area (Å²) < 4.78 is 11.8. The van der Waals surface area contributed by atoms with E-state index in [2.05, 4.69) is 26.0 Å². The second-order valence-corrected chi connectivity index (χ2v) is 6.00. The maximum Gasteiger partial charge on any atom is 0.355 e. The van der Waals surface area contributed by atoms with Crippen LogP contribution in [-0.4, -0.2) is 40.9 Å². The zero-order valence-electron chi connectivity index (χ0n) is 14.5. The molecule has 3 rings (SSSR count).